The van der Waals surface area contributed by atoms with Crippen molar-refractivity contribution in [1.82, 2.24) is 0 Å². The van der Waals surface area contributed by atoms with Crippen LogP contribution < -0.4 is 0 Å². The van der Waals surface area contributed by atoms with Crippen LogP contribution >= 0.6 is 0 Å². The Morgan fingerprint density at radius 3 is 2.00 bits per heavy atom. The number of rotatable bonds is 5. The fraction of sp³-hybridized carbons (Fsp3) is 0.400. The molecule has 0 amide bonds. The van der Waals surface area contributed by atoms with Crippen LogP contribution in [-0.4, -0.2) is 30.1 Å². The third kappa shape index (κ3) is 2.65. The van der Waals surface area contributed by atoms with Crippen LogP contribution in [0.1, 0.15) is 5.56 Å². The summed E-state index contributed by atoms with van der Waals surface area (Å²) in [5.74, 6) is 0. The van der Waals surface area contributed by atoms with Crippen molar-refractivity contribution in [2.24, 2.45) is 0 Å². The Morgan fingerprint density at radius 2 is 1.57 bits per heavy atom. The van der Waals surface area contributed by atoms with E-state index in [4.69, 9.17) is 13.3 Å². The highest BCUT2D eigenvalue weighted by atomic mass is 28.4. The minimum Gasteiger partial charge on any atom is -0.377 e. The lowest BCUT2D eigenvalue weighted by Crippen LogP contribution is -2.45. The molecule has 0 aliphatic heterocycles. The summed E-state index contributed by atoms with van der Waals surface area (Å²) < 4.78 is 16.0. The van der Waals surface area contributed by atoms with E-state index in [0.29, 0.717) is 6.04 Å². The van der Waals surface area contributed by atoms with Gasteiger partial charge in [0, 0.05) is 27.4 Å². The molecule has 0 fully saturated rings. The molecule has 0 N–H and O–H groups in total. The third-order valence-corrected chi connectivity index (χ3v) is 4.85. The maximum atomic E-state index is 5.32. The summed E-state index contributed by atoms with van der Waals surface area (Å²) in [7, 11) is 2.39. The van der Waals surface area contributed by atoms with Gasteiger partial charge in [-0.05, 0) is 11.6 Å². The van der Waals surface area contributed by atoms with Crippen molar-refractivity contribution in [2.45, 2.75) is 6.04 Å². The molecule has 4 heteroatoms. The first-order valence-corrected chi connectivity index (χ1v) is 6.30. The molecule has 0 unspecified atom stereocenters. The Labute approximate surface area is 86.0 Å². The first-order valence-electron chi connectivity index (χ1n) is 4.37. The third-order valence-electron chi connectivity index (χ3n) is 2.14. The molecular formula is C10H15O3Si. The molecular weight excluding hydrogens is 196 g/mol. The number of benzene rings is 1. The summed E-state index contributed by atoms with van der Waals surface area (Å²) >= 11 is 0. The minimum atomic E-state index is -2.47. The lowest BCUT2D eigenvalue weighted by atomic mass is 10.2. The molecule has 1 aromatic carbocycles. The lowest BCUT2D eigenvalue weighted by Gasteiger charge is -2.24. The van der Waals surface area contributed by atoms with Crippen LogP contribution in [0.15, 0.2) is 24.3 Å². The molecule has 0 spiro atoms. The standard InChI is InChI=1S/C10H15O3Si/c1-11-14(12-2,13-3)9-10-7-5-4-6-8-10/h5-8H,9H2,1-3H3. The average molecular weight is 211 g/mol. The first-order chi connectivity index (χ1) is 6.76. The van der Waals surface area contributed by atoms with Crippen molar-refractivity contribution in [1.29, 1.82) is 0 Å². The summed E-state index contributed by atoms with van der Waals surface area (Å²) in [6, 6.07) is 11.4. The van der Waals surface area contributed by atoms with Crippen LogP contribution in [0.4, 0.5) is 0 Å². The van der Waals surface area contributed by atoms with Crippen molar-refractivity contribution >= 4 is 8.80 Å². The minimum absolute atomic E-state index is 0.686. The van der Waals surface area contributed by atoms with Crippen molar-refractivity contribution in [3.63, 3.8) is 0 Å². The summed E-state index contributed by atoms with van der Waals surface area (Å²) in [6.07, 6.45) is 0. The van der Waals surface area contributed by atoms with Gasteiger partial charge in [-0.1, -0.05) is 24.3 Å². The van der Waals surface area contributed by atoms with E-state index in [0.717, 1.165) is 5.56 Å². The Bertz CT molecular complexity index is 251. The topological polar surface area (TPSA) is 27.7 Å². The molecule has 77 valence electrons. The maximum absolute atomic E-state index is 5.32. The first kappa shape index (κ1) is 11.4. The molecule has 0 aromatic heterocycles. The van der Waals surface area contributed by atoms with E-state index in [1.165, 1.54) is 0 Å². The Balaban J connectivity index is 2.74. The largest absolute Gasteiger partial charge is 0.504 e. The van der Waals surface area contributed by atoms with Crippen LogP contribution in [0.25, 0.3) is 0 Å². The van der Waals surface area contributed by atoms with Crippen molar-refractivity contribution < 1.29 is 13.3 Å². The van der Waals surface area contributed by atoms with Crippen LogP contribution in [0.2, 0.25) is 0 Å². The molecule has 0 aliphatic rings. The highest BCUT2D eigenvalue weighted by molar-refractivity contribution is 6.60. The zero-order valence-electron chi connectivity index (χ0n) is 8.74. The Kier molecular flexibility index (Phi) is 4.28. The van der Waals surface area contributed by atoms with Gasteiger partial charge in [0.05, 0.1) is 0 Å². The van der Waals surface area contributed by atoms with Gasteiger partial charge in [0.1, 0.15) is 0 Å². The van der Waals surface area contributed by atoms with Crippen molar-refractivity contribution in [3.05, 3.63) is 35.9 Å². The second-order valence-corrected chi connectivity index (χ2v) is 5.82. The smallest absolute Gasteiger partial charge is 0.377 e. The summed E-state index contributed by atoms with van der Waals surface area (Å²) in [5, 5.41) is 0. The molecule has 0 saturated carbocycles. The second-order valence-electron chi connectivity index (χ2n) is 2.88. The van der Waals surface area contributed by atoms with Gasteiger partial charge in [0.15, 0.2) is 0 Å². The Hall–Kier alpha value is -0.683. The van der Waals surface area contributed by atoms with Gasteiger partial charge >= 0.3 is 8.80 Å². The molecule has 0 atom stereocenters. The molecule has 1 radical (unpaired) electrons. The van der Waals surface area contributed by atoms with Crippen molar-refractivity contribution in [3.8, 4) is 0 Å². The fourth-order valence-corrected chi connectivity index (χ4v) is 2.92. The van der Waals surface area contributed by atoms with E-state index in [9.17, 15) is 0 Å². The van der Waals surface area contributed by atoms with E-state index in [1.54, 1.807) is 21.3 Å². The number of hydrogen-bond acceptors (Lipinski definition) is 3. The monoisotopic (exact) mass is 211 g/mol. The second kappa shape index (κ2) is 5.26. The predicted octanol–water partition coefficient (Wildman–Crippen LogP) is 1.45. The van der Waals surface area contributed by atoms with Gasteiger partial charge in [-0.15, -0.1) is 0 Å². The Morgan fingerprint density at radius 1 is 1.07 bits per heavy atom. The van der Waals surface area contributed by atoms with Gasteiger partial charge in [-0.25, -0.2) is 0 Å². The van der Waals surface area contributed by atoms with Crippen LogP contribution in [0.3, 0.4) is 0 Å². The lowest BCUT2D eigenvalue weighted by molar-refractivity contribution is 0.122. The van der Waals surface area contributed by atoms with Gasteiger partial charge in [-0.3, -0.25) is 0 Å². The summed E-state index contributed by atoms with van der Waals surface area (Å²) in [4.78, 5) is 0. The van der Waals surface area contributed by atoms with Crippen LogP contribution in [0.5, 0.6) is 0 Å². The molecule has 3 nitrogen and oxygen atoms in total. The number of hydrogen-bond donors (Lipinski definition) is 0. The van der Waals surface area contributed by atoms with E-state index in [2.05, 4.69) is 6.07 Å². The average Bonchev–Trinajstić information content (AvgIpc) is 2.28. The molecule has 0 bridgehead atoms. The predicted molar refractivity (Wildman–Crippen MR) is 55.8 cm³/mol. The summed E-state index contributed by atoms with van der Waals surface area (Å²) in [5.41, 5.74) is 1.14. The molecule has 0 aliphatic carbocycles. The summed E-state index contributed by atoms with van der Waals surface area (Å²) in [6.45, 7) is 0. The molecule has 1 aromatic rings. The zero-order valence-corrected chi connectivity index (χ0v) is 9.74. The highest BCUT2D eigenvalue weighted by Crippen LogP contribution is 2.13. The van der Waals surface area contributed by atoms with Gasteiger partial charge in [-0.2, -0.15) is 0 Å². The highest BCUT2D eigenvalue weighted by Gasteiger charge is 2.37. The molecule has 14 heavy (non-hydrogen) atoms. The van der Waals surface area contributed by atoms with Crippen molar-refractivity contribution in [2.75, 3.05) is 21.3 Å². The van der Waals surface area contributed by atoms with Gasteiger partial charge in [0.2, 0.25) is 0 Å². The van der Waals surface area contributed by atoms with Gasteiger partial charge < -0.3 is 13.3 Å². The van der Waals surface area contributed by atoms with E-state index in [-0.39, 0.29) is 0 Å². The quantitative estimate of drug-likeness (QED) is 0.690. The van der Waals surface area contributed by atoms with E-state index < -0.39 is 8.80 Å². The molecule has 0 heterocycles. The normalized spacial score (nSPS) is 11.6. The van der Waals surface area contributed by atoms with Gasteiger partial charge in [0.25, 0.3) is 0 Å². The van der Waals surface area contributed by atoms with Crippen LogP contribution in [0, 0.1) is 6.07 Å². The fourth-order valence-electron chi connectivity index (χ4n) is 1.26. The molecule has 0 saturated heterocycles. The van der Waals surface area contributed by atoms with E-state index in [1.807, 2.05) is 24.3 Å². The SMILES string of the molecule is CO[Si](Cc1cc[c]cc1)(OC)OC. The van der Waals surface area contributed by atoms with E-state index >= 15 is 0 Å². The maximum Gasteiger partial charge on any atom is 0.504 e. The van der Waals surface area contributed by atoms with Crippen LogP contribution in [-0.2, 0) is 19.3 Å². The zero-order chi connectivity index (χ0) is 10.4. The molecule has 1 rings (SSSR count).